The van der Waals surface area contributed by atoms with Crippen LogP contribution in [-0.4, -0.2) is 23.2 Å². The highest BCUT2D eigenvalue weighted by molar-refractivity contribution is 5.84. The summed E-state index contributed by atoms with van der Waals surface area (Å²) in [4.78, 5) is 6.93. The molecule has 0 fully saturated rings. The Morgan fingerprint density at radius 3 is 2.55 bits per heavy atom. The maximum Gasteiger partial charge on any atom is 0.129 e. The third kappa shape index (κ3) is 3.10. The van der Waals surface area contributed by atoms with Crippen molar-refractivity contribution in [2.45, 2.75) is 39.8 Å². The van der Waals surface area contributed by atoms with Crippen molar-refractivity contribution in [3.63, 3.8) is 0 Å². The second kappa shape index (κ2) is 6.23. The lowest BCUT2D eigenvalue weighted by molar-refractivity contribution is 0.283. The Morgan fingerprint density at radius 1 is 1.20 bits per heavy atom. The average Bonchev–Trinajstić information content (AvgIpc) is 2.44. The molecule has 108 valence electrons. The topological polar surface area (TPSA) is 36.4 Å². The number of para-hydroxylation sites is 1. The van der Waals surface area contributed by atoms with Gasteiger partial charge < -0.3 is 10.0 Å². The zero-order valence-electron chi connectivity index (χ0n) is 12.8. The van der Waals surface area contributed by atoms with E-state index < -0.39 is 0 Å². The van der Waals surface area contributed by atoms with Crippen LogP contribution in [0.5, 0.6) is 0 Å². The minimum absolute atomic E-state index is 0.0441. The summed E-state index contributed by atoms with van der Waals surface area (Å²) in [7, 11) is 2.07. The summed E-state index contributed by atoms with van der Waals surface area (Å²) >= 11 is 0. The zero-order chi connectivity index (χ0) is 14.7. The Labute approximate surface area is 121 Å². The van der Waals surface area contributed by atoms with E-state index in [1.54, 1.807) is 0 Å². The number of rotatable bonds is 5. The van der Waals surface area contributed by atoms with Crippen LogP contribution in [0.1, 0.15) is 32.8 Å². The molecule has 1 aromatic carbocycles. The molecule has 20 heavy (non-hydrogen) atoms. The van der Waals surface area contributed by atoms with E-state index in [0.717, 1.165) is 28.7 Å². The summed E-state index contributed by atoms with van der Waals surface area (Å²) in [6.07, 6.45) is 1.12. The van der Waals surface area contributed by atoms with Gasteiger partial charge in [-0.3, -0.25) is 0 Å². The predicted molar refractivity (Wildman–Crippen MR) is 85.0 cm³/mol. The Hall–Kier alpha value is -1.61. The number of benzene rings is 1. The molecule has 1 unspecified atom stereocenters. The van der Waals surface area contributed by atoms with Crippen LogP contribution in [0.25, 0.3) is 10.9 Å². The minimum atomic E-state index is 0.0441. The molecule has 0 saturated heterocycles. The molecule has 3 nitrogen and oxygen atoms in total. The third-order valence-corrected chi connectivity index (χ3v) is 3.79. The fourth-order valence-corrected chi connectivity index (χ4v) is 2.61. The van der Waals surface area contributed by atoms with Crippen LogP contribution in [0.15, 0.2) is 30.3 Å². The van der Waals surface area contributed by atoms with Crippen LogP contribution >= 0.6 is 0 Å². The van der Waals surface area contributed by atoms with E-state index in [-0.39, 0.29) is 6.61 Å². The van der Waals surface area contributed by atoms with Crippen LogP contribution < -0.4 is 4.90 Å². The molecule has 2 rings (SSSR count). The summed E-state index contributed by atoms with van der Waals surface area (Å²) in [6, 6.07) is 10.4. The molecular weight excluding hydrogens is 248 g/mol. The molecule has 1 aromatic heterocycles. The maximum atomic E-state index is 9.58. The standard InChI is InChI=1S/C17H24N2O/c1-12(2)9-13(3)19(4)17-10-14(11-20)15-7-5-6-8-16(15)18-17/h5-8,10,12-13,20H,9,11H2,1-4H3. The normalized spacial score (nSPS) is 12.9. The Bertz CT molecular complexity index is 580. The quantitative estimate of drug-likeness (QED) is 0.903. The number of fused-ring (bicyclic) bond motifs is 1. The molecule has 0 amide bonds. The van der Waals surface area contributed by atoms with Gasteiger partial charge in [-0.2, -0.15) is 0 Å². The van der Waals surface area contributed by atoms with Crippen LogP contribution in [-0.2, 0) is 6.61 Å². The van der Waals surface area contributed by atoms with Crippen LogP contribution in [0.4, 0.5) is 5.82 Å². The average molecular weight is 272 g/mol. The molecule has 1 atom stereocenters. The molecule has 0 aliphatic heterocycles. The number of anilines is 1. The summed E-state index contributed by atoms with van der Waals surface area (Å²) < 4.78 is 0. The van der Waals surface area contributed by atoms with E-state index in [0.29, 0.717) is 12.0 Å². The fraction of sp³-hybridized carbons (Fsp3) is 0.471. The van der Waals surface area contributed by atoms with Gasteiger partial charge in [-0.15, -0.1) is 0 Å². The zero-order valence-corrected chi connectivity index (χ0v) is 12.8. The molecule has 1 N–H and O–H groups in total. The first kappa shape index (κ1) is 14.8. The maximum absolute atomic E-state index is 9.58. The summed E-state index contributed by atoms with van der Waals surface area (Å²) in [5, 5.41) is 10.6. The SMILES string of the molecule is CC(C)CC(C)N(C)c1cc(CO)c2ccccc2n1. The van der Waals surface area contributed by atoms with Crippen molar-refractivity contribution in [3.05, 3.63) is 35.9 Å². The number of aliphatic hydroxyl groups excluding tert-OH is 1. The van der Waals surface area contributed by atoms with Gasteiger partial charge in [0, 0.05) is 18.5 Å². The summed E-state index contributed by atoms with van der Waals surface area (Å²) in [5.41, 5.74) is 1.88. The molecule has 3 heteroatoms. The van der Waals surface area contributed by atoms with Gasteiger partial charge in [-0.25, -0.2) is 4.98 Å². The molecule has 1 heterocycles. The summed E-state index contributed by atoms with van der Waals surface area (Å²) in [6.45, 7) is 6.73. The van der Waals surface area contributed by atoms with Gasteiger partial charge >= 0.3 is 0 Å². The molecule has 0 bridgehead atoms. The van der Waals surface area contributed by atoms with Gasteiger partial charge in [-0.1, -0.05) is 32.0 Å². The largest absolute Gasteiger partial charge is 0.392 e. The van der Waals surface area contributed by atoms with Crippen LogP contribution in [0.3, 0.4) is 0 Å². The minimum Gasteiger partial charge on any atom is -0.392 e. The monoisotopic (exact) mass is 272 g/mol. The highest BCUT2D eigenvalue weighted by Gasteiger charge is 2.14. The number of aromatic nitrogens is 1. The molecular formula is C17H24N2O. The lowest BCUT2D eigenvalue weighted by Crippen LogP contribution is -2.30. The molecule has 0 aliphatic rings. The van der Waals surface area contributed by atoms with Crippen LogP contribution in [0, 0.1) is 5.92 Å². The Morgan fingerprint density at radius 2 is 1.90 bits per heavy atom. The molecule has 0 aliphatic carbocycles. The number of hydrogen-bond acceptors (Lipinski definition) is 3. The van der Waals surface area contributed by atoms with Crippen molar-refractivity contribution >= 4 is 16.7 Å². The third-order valence-electron chi connectivity index (χ3n) is 3.79. The van der Waals surface area contributed by atoms with Crippen molar-refractivity contribution in [2.24, 2.45) is 5.92 Å². The fourth-order valence-electron chi connectivity index (χ4n) is 2.61. The van der Waals surface area contributed by atoms with Gasteiger partial charge in [-0.05, 0) is 37.0 Å². The van der Waals surface area contributed by atoms with E-state index >= 15 is 0 Å². The first-order chi connectivity index (χ1) is 9.52. The van der Waals surface area contributed by atoms with Gasteiger partial charge in [0.1, 0.15) is 5.82 Å². The van der Waals surface area contributed by atoms with E-state index in [1.807, 2.05) is 30.3 Å². The highest BCUT2D eigenvalue weighted by atomic mass is 16.3. The van der Waals surface area contributed by atoms with Gasteiger partial charge in [0.05, 0.1) is 12.1 Å². The van der Waals surface area contributed by atoms with Gasteiger partial charge in [0.15, 0.2) is 0 Å². The van der Waals surface area contributed by atoms with Crippen molar-refractivity contribution in [1.29, 1.82) is 0 Å². The lowest BCUT2D eigenvalue weighted by Gasteiger charge is -2.28. The predicted octanol–water partition coefficient (Wildman–Crippen LogP) is 3.60. The van der Waals surface area contributed by atoms with E-state index in [1.165, 1.54) is 0 Å². The smallest absolute Gasteiger partial charge is 0.129 e. The van der Waals surface area contributed by atoms with Crippen molar-refractivity contribution in [2.75, 3.05) is 11.9 Å². The number of nitrogens with zero attached hydrogens (tertiary/aromatic N) is 2. The van der Waals surface area contributed by atoms with Crippen molar-refractivity contribution < 1.29 is 5.11 Å². The number of aliphatic hydroxyl groups is 1. The highest BCUT2D eigenvalue weighted by Crippen LogP contribution is 2.24. The second-order valence-corrected chi connectivity index (χ2v) is 5.90. The number of pyridine rings is 1. The Kier molecular flexibility index (Phi) is 4.61. The Balaban J connectivity index is 2.39. The van der Waals surface area contributed by atoms with Gasteiger partial charge in [0.2, 0.25) is 0 Å². The first-order valence-corrected chi connectivity index (χ1v) is 7.25. The molecule has 0 radical (unpaired) electrons. The molecule has 0 saturated carbocycles. The van der Waals surface area contributed by atoms with Crippen LogP contribution in [0.2, 0.25) is 0 Å². The summed E-state index contributed by atoms with van der Waals surface area (Å²) in [5.74, 6) is 1.59. The molecule has 2 aromatic rings. The second-order valence-electron chi connectivity index (χ2n) is 5.90. The number of hydrogen-bond donors (Lipinski definition) is 1. The van der Waals surface area contributed by atoms with Gasteiger partial charge in [0.25, 0.3) is 0 Å². The van der Waals surface area contributed by atoms with E-state index in [2.05, 4.69) is 32.7 Å². The van der Waals surface area contributed by atoms with E-state index in [4.69, 9.17) is 4.98 Å². The molecule has 0 spiro atoms. The lowest BCUT2D eigenvalue weighted by atomic mass is 10.0. The van der Waals surface area contributed by atoms with E-state index in [9.17, 15) is 5.11 Å². The van der Waals surface area contributed by atoms with Crippen molar-refractivity contribution in [1.82, 2.24) is 4.98 Å². The van der Waals surface area contributed by atoms with Crippen molar-refractivity contribution in [3.8, 4) is 0 Å². The first-order valence-electron chi connectivity index (χ1n) is 7.25.